The monoisotopic (exact) mass is 239 g/mol. The lowest BCUT2D eigenvalue weighted by atomic mass is 9.94. The van der Waals surface area contributed by atoms with E-state index in [1.807, 2.05) is 6.92 Å². The lowest BCUT2D eigenvalue weighted by molar-refractivity contribution is 0.134. The van der Waals surface area contributed by atoms with Crippen LogP contribution in [0.15, 0.2) is 6.33 Å². The maximum atomic E-state index is 13.8. The molecule has 1 aliphatic rings. The molecule has 0 saturated heterocycles. The SMILES string of the molecule is CCc1ncnc(OC2CCC(N)CC2)c1F. The predicted molar refractivity (Wildman–Crippen MR) is 62.2 cm³/mol. The second kappa shape index (κ2) is 5.40. The van der Waals surface area contributed by atoms with E-state index in [0.29, 0.717) is 12.1 Å². The van der Waals surface area contributed by atoms with Crippen molar-refractivity contribution in [3.63, 3.8) is 0 Å². The van der Waals surface area contributed by atoms with Gasteiger partial charge in [-0.05, 0) is 32.1 Å². The highest BCUT2D eigenvalue weighted by atomic mass is 19.1. The lowest BCUT2D eigenvalue weighted by Crippen LogP contribution is -2.32. The Labute approximate surface area is 100 Å². The van der Waals surface area contributed by atoms with Gasteiger partial charge in [0.1, 0.15) is 12.4 Å². The summed E-state index contributed by atoms with van der Waals surface area (Å²) >= 11 is 0. The van der Waals surface area contributed by atoms with Crippen molar-refractivity contribution in [2.75, 3.05) is 0 Å². The molecule has 1 aromatic heterocycles. The van der Waals surface area contributed by atoms with Crippen LogP contribution in [0.25, 0.3) is 0 Å². The van der Waals surface area contributed by atoms with E-state index in [1.54, 1.807) is 0 Å². The van der Waals surface area contributed by atoms with E-state index in [-0.39, 0.29) is 18.0 Å². The standard InChI is InChI=1S/C12H18FN3O/c1-2-10-11(13)12(16-7-15-10)17-9-5-3-8(14)4-6-9/h7-9H,2-6,14H2,1H3. The van der Waals surface area contributed by atoms with Gasteiger partial charge in [0, 0.05) is 6.04 Å². The minimum absolute atomic E-state index is 0.0314. The molecular weight excluding hydrogens is 221 g/mol. The van der Waals surface area contributed by atoms with Gasteiger partial charge in [0.15, 0.2) is 0 Å². The fraction of sp³-hybridized carbons (Fsp3) is 0.667. The zero-order chi connectivity index (χ0) is 12.3. The van der Waals surface area contributed by atoms with Gasteiger partial charge in [0.25, 0.3) is 5.88 Å². The van der Waals surface area contributed by atoms with Gasteiger partial charge in [-0.15, -0.1) is 0 Å². The average Bonchev–Trinajstić information content (AvgIpc) is 2.35. The summed E-state index contributed by atoms with van der Waals surface area (Å²) in [5.74, 6) is -0.345. The van der Waals surface area contributed by atoms with Crippen molar-refractivity contribution in [1.82, 2.24) is 9.97 Å². The molecule has 2 rings (SSSR count). The summed E-state index contributed by atoms with van der Waals surface area (Å²) in [6, 6.07) is 0.260. The molecule has 1 heterocycles. The van der Waals surface area contributed by atoms with Gasteiger partial charge in [-0.2, -0.15) is 9.37 Å². The van der Waals surface area contributed by atoms with Crippen LogP contribution in [-0.4, -0.2) is 22.1 Å². The summed E-state index contributed by atoms with van der Waals surface area (Å²) in [4.78, 5) is 7.74. The molecule has 2 N–H and O–H groups in total. The highest BCUT2D eigenvalue weighted by Crippen LogP contribution is 2.24. The van der Waals surface area contributed by atoms with Crippen molar-refractivity contribution in [2.24, 2.45) is 5.73 Å². The highest BCUT2D eigenvalue weighted by molar-refractivity contribution is 5.17. The fourth-order valence-electron chi connectivity index (χ4n) is 2.08. The zero-order valence-corrected chi connectivity index (χ0v) is 10.0. The van der Waals surface area contributed by atoms with Crippen LogP contribution in [0.2, 0.25) is 0 Å². The summed E-state index contributed by atoms with van der Waals surface area (Å²) < 4.78 is 19.4. The first kappa shape index (κ1) is 12.2. The molecule has 0 amide bonds. The topological polar surface area (TPSA) is 61.0 Å². The molecular formula is C12H18FN3O. The van der Waals surface area contributed by atoms with E-state index in [1.165, 1.54) is 6.33 Å². The number of rotatable bonds is 3. The van der Waals surface area contributed by atoms with E-state index in [4.69, 9.17) is 10.5 Å². The minimum Gasteiger partial charge on any atom is -0.472 e. The van der Waals surface area contributed by atoms with Crippen molar-refractivity contribution < 1.29 is 9.13 Å². The molecule has 4 nitrogen and oxygen atoms in total. The Bertz CT molecular complexity index is 378. The first-order valence-electron chi connectivity index (χ1n) is 6.12. The molecule has 0 spiro atoms. The van der Waals surface area contributed by atoms with Crippen LogP contribution in [0.3, 0.4) is 0 Å². The van der Waals surface area contributed by atoms with E-state index < -0.39 is 5.82 Å². The molecule has 94 valence electrons. The first-order chi connectivity index (χ1) is 8.20. The minimum atomic E-state index is -0.426. The van der Waals surface area contributed by atoms with Gasteiger partial charge in [-0.1, -0.05) is 6.92 Å². The second-order valence-corrected chi connectivity index (χ2v) is 4.45. The summed E-state index contributed by atoms with van der Waals surface area (Å²) in [5, 5.41) is 0. The molecule has 0 atom stereocenters. The van der Waals surface area contributed by atoms with Crippen LogP contribution < -0.4 is 10.5 Å². The third kappa shape index (κ3) is 2.91. The number of nitrogens with two attached hydrogens (primary N) is 1. The molecule has 0 unspecified atom stereocenters. The highest BCUT2D eigenvalue weighted by Gasteiger charge is 2.22. The van der Waals surface area contributed by atoms with Crippen LogP contribution in [0.4, 0.5) is 4.39 Å². The number of aryl methyl sites for hydroxylation is 1. The van der Waals surface area contributed by atoms with E-state index >= 15 is 0 Å². The molecule has 1 aromatic rings. The molecule has 0 radical (unpaired) electrons. The van der Waals surface area contributed by atoms with Crippen molar-refractivity contribution in [1.29, 1.82) is 0 Å². The average molecular weight is 239 g/mol. The van der Waals surface area contributed by atoms with Gasteiger partial charge in [-0.25, -0.2) is 4.98 Å². The van der Waals surface area contributed by atoms with Crippen LogP contribution in [0.1, 0.15) is 38.3 Å². The van der Waals surface area contributed by atoms with Gasteiger partial charge in [0.05, 0.1) is 5.69 Å². The van der Waals surface area contributed by atoms with Gasteiger partial charge >= 0.3 is 0 Å². The Morgan fingerprint density at radius 2 is 2.06 bits per heavy atom. The number of ether oxygens (including phenoxy) is 1. The molecule has 0 aromatic carbocycles. The van der Waals surface area contributed by atoms with E-state index in [9.17, 15) is 4.39 Å². The Morgan fingerprint density at radius 1 is 1.35 bits per heavy atom. The number of halogens is 1. The lowest BCUT2D eigenvalue weighted by Gasteiger charge is -2.26. The van der Waals surface area contributed by atoms with Crippen molar-refractivity contribution >= 4 is 0 Å². The summed E-state index contributed by atoms with van der Waals surface area (Å²) in [6.45, 7) is 1.86. The van der Waals surface area contributed by atoms with Crippen LogP contribution in [0, 0.1) is 5.82 Å². The van der Waals surface area contributed by atoms with Crippen LogP contribution in [-0.2, 0) is 6.42 Å². The van der Waals surface area contributed by atoms with Crippen LogP contribution in [0.5, 0.6) is 5.88 Å². The Hall–Kier alpha value is -1.23. The fourth-order valence-corrected chi connectivity index (χ4v) is 2.08. The molecule has 0 bridgehead atoms. The molecule has 1 saturated carbocycles. The maximum Gasteiger partial charge on any atom is 0.254 e. The van der Waals surface area contributed by atoms with Gasteiger partial charge < -0.3 is 10.5 Å². The number of hydrogen-bond acceptors (Lipinski definition) is 4. The zero-order valence-electron chi connectivity index (χ0n) is 10.0. The predicted octanol–water partition coefficient (Wildman–Crippen LogP) is 1.83. The number of aromatic nitrogens is 2. The van der Waals surface area contributed by atoms with Gasteiger partial charge in [-0.3, -0.25) is 0 Å². The Balaban J connectivity index is 2.03. The summed E-state index contributed by atoms with van der Waals surface area (Å²) in [5.41, 5.74) is 6.22. The second-order valence-electron chi connectivity index (χ2n) is 4.45. The Morgan fingerprint density at radius 3 is 2.71 bits per heavy atom. The largest absolute Gasteiger partial charge is 0.472 e. The number of nitrogens with zero attached hydrogens (tertiary/aromatic N) is 2. The van der Waals surface area contributed by atoms with Crippen molar-refractivity contribution in [3.05, 3.63) is 17.8 Å². The third-order valence-corrected chi connectivity index (χ3v) is 3.16. The first-order valence-corrected chi connectivity index (χ1v) is 6.12. The smallest absolute Gasteiger partial charge is 0.254 e. The van der Waals surface area contributed by atoms with E-state index in [0.717, 1.165) is 25.7 Å². The third-order valence-electron chi connectivity index (χ3n) is 3.16. The van der Waals surface area contributed by atoms with Crippen molar-refractivity contribution in [2.45, 2.75) is 51.2 Å². The number of hydrogen-bond donors (Lipinski definition) is 1. The molecule has 17 heavy (non-hydrogen) atoms. The normalized spacial score (nSPS) is 24.6. The molecule has 0 aliphatic heterocycles. The Kier molecular flexibility index (Phi) is 3.89. The maximum absolute atomic E-state index is 13.8. The van der Waals surface area contributed by atoms with Gasteiger partial charge in [0.2, 0.25) is 5.82 Å². The summed E-state index contributed by atoms with van der Waals surface area (Å²) in [7, 11) is 0. The van der Waals surface area contributed by atoms with E-state index in [2.05, 4.69) is 9.97 Å². The summed E-state index contributed by atoms with van der Waals surface area (Å²) in [6.07, 6.45) is 5.52. The quantitative estimate of drug-likeness (QED) is 0.874. The molecule has 1 fully saturated rings. The van der Waals surface area contributed by atoms with Crippen molar-refractivity contribution in [3.8, 4) is 5.88 Å². The molecule has 5 heteroatoms. The molecule has 1 aliphatic carbocycles. The van der Waals surface area contributed by atoms with Crippen LogP contribution >= 0.6 is 0 Å².